The second kappa shape index (κ2) is 8.47. The molecule has 10 heteroatoms. The normalized spacial score (nSPS) is 10.1. The minimum absolute atomic E-state index is 0.0538. The molecule has 0 aliphatic rings. The van der Waals surface area contributed by atoms with Crippen molar-refractivity contribution < 1.29 is 14.6 Å². The lowest BCUT2D eigenvalue weighted by molar-refractivity contribution is -0.396. The van der Waals surface area contributed by atoms with Crippen LogP contribution < -0.4 is 5.32 Å². The van der Waals surface area contributed by atoms with Gasteiger partial charge in [-0.05, 0) is 12.5 Å². The van der Waals surface area contributed by atoms with Crippen molar-refractivity contribution in [2.75, 3.05) is 12.8 Å². The Hall–Kier alpha value is -1.81. The van der Waals surface area contributed by atoms with Gasteiger partial charge in [-0.3, -0.25) is 25.0 Å². The third-order valence-corrected chi connectivity index (χ3v) is 4.90. The predicted octanol–water partition coefficient (Wildman–Crippen LogP) is 2.77. The Labute approximate surface area is 128 Å². The molecule has 0 radical (unpaired) electrons. The Balaban J connectivity index is 2.60. The number of hydrogen-bond acceptors (Lipinski definition) is 7. The van der Waals surface area contributed by atoms with Gasteiger partial charge in [0, 0.05) is 25.3 Å². The molecule has 0 spiro atoms. The smallest absolute Gasteiger partial charge is 0.290 e. The van der Waals surface area contributed by atoms with Gasteiger partial charge in [0.15, 0.2) is 0 Å². The average molecular weight is 331 g/mol. The molecular formula is C11H13N3O5S2. The zero-order valence-electron chi connectivity index (χ0n) is 11.1. The summed E-state index contributed by atoms with van der Waals surface area (Å²) < 4.78 is 0. The molecule has 0 aliphatic heterocycles. The SMILES string of the molecule is CNC(=O)CCCSSc1ccc([N+](=O)[O-])cc1[N+](=O)[O-]. The van der Waals surface area contributed by atoms with Gasteiger partial charge < -0.3 is 5.32 Å². The van der Waals surface area contributed by atoms with E-state index in [0.29, 0.717) is 23.5 Å². The van der Waals surface area contributed by atoms with Gasteiger partial charge in [-0.2, -0.15) is 0 Å². The highest BCUT2D eigenvalue weighted by molar-refractivity contribution is 8.76. The molecular weight excluding hydrogens is 318 g/mol. The molecule has 21 heavy (non-hydrogen) atoms. The number of benzene rings is 1. The first-order valence-electron chi connectivity index (χ1n) is 5.88. The molecule has 1 N–H and O–H groups in total. The molecule has 0 saturated carbocycles. The molecule has 0 aromatic heterocycles. The molecule has 1 rings (SSSR count). The quantitative estimate of drug-likeness (QED) is 0.337. The minimum Gasteiger partial charge on any atom is -0.359 e. The molecule has 8 nitrogen and oxygen atoms in total. The Morgan fingerprint density at radius 3 is 2.57 bits per heavy atom. The van der Waals surface area contributed by atoms with Crippen LogP contribution in [0.4, 0.5) is 11.4 Å². The van der Waals surface area contributed by atoms with Gasteiger partial charge in [-0.1, -0.05) is 21.6 Å². The third-order valence-electron chi connectivity index (χ3n) is 2.41. The van der Waals surface area contributed by atoms with E-state index in [9.17, 15) is 25.0 Å². The first kappa shape index (κ1) is 17.2. The van der Waals surface area contributed by atoms with Crippen molar-refractivity contribution in [1.29, 1.82) is 0 Å². The highest BCUT2D eigenvalue weighted by Crippen LogP contribution is 2.39. The zero-order valence-corrected chi connectivity index (χ0v) is 12.7. The van der Waals surface area contributed by atoms with Gasteiger partial charge in [-0.25, -0.2) is 0 Å². The summed E-state index contributed by atoms with van der Waals surface area (Å²) in [6.07, 6.45) is 1.05. The highest BCUT2D eigenvalue weighted by Gasteiger charge is 2.19. The van der Waals surface area contributed by atoms with E-state index >= 15 is 0 Å². The lowest BCUT2D eigenvalue weighted by atomic mass is 10.3. The van der Waals surface area contributed by atoms with Crippen LogP contribution in [0.15, 0.2) is 23.1 Å². The van der Waals surface area contributed by atoms with Crippen LogP contribution >= 0.6 is 21.6 Å². The molecule has 0 aliphatic carbocycles. The summed E-state index contributed by atoms with van der Waals surface area (Å²) in [5, 5.41) is 24.0. The number of amides is 1. The monoisotopic (exact) mass is 331 g/mol. The molecule has 114 valence electrons. The summed E-state index contributed by atoms with van der Waals surface area (Å²) in [7, 11) is 4.10. The van der Waals surface area contributed by atoms with E-state index < -0.39 is 9.85 Å². The molecule has 0 saturated heterocycles. The number of rotatable bonds is 8. The zero-order chi connectivity index (χ0) is 15.8. The Bertz CT molecular complexity index is 553. The lowest BCUT2D eigenvalue weighted by Gasteiger charge is -2.03. The van der Waals surface area contributed by atoms with Gasteiger partial charge in [0.1, 0.15) is 0 Å². The fourth-order valence-electron chi connectivity index (χ4n) is 1.35. The number of non-ortho nitro benzene ring substituents is 1. The number of carbonyl (C=O) groups is 1. The standard InChI is InChI=1S/C11H13N3O5S2/c1-12-11(15)3-2-6-20-21-10-5-4-8(13(16)17)7-9(10)14(18)19/h4-5,7H,2-3,6H2,1H3,(H,12,15). The van der Waals surface area contributed by atoms with E-state index in [4.69, 9.17) is 0 Å². The van der Waals surface area contributed by atoms with Crippen LogP contribution in [-0.2, 0) is 4.79 Å². The Kier molecular flexibility index (Phi) is 6.96. The number of nitrogens with zero attached hydrogens (tertiary/aromatic N) is 2. The molecule has 1 aromatic carbocycles. The van der Waals surface area contributed by atoms with Crippen molar-refractivity contribution in [2.45, 2.75) is 17.7 Å². The van der Waals surface area contributed by atoms with Gasteiger partial charge >= 0.3 is 0 Å². The van der Waals surface area contributed by atoms with Crippen molar-refractivity contribution in [3.63, 3.8) is 0 Å². The van der Waals surface area contributed by atoms with E-state index in [-0.39, 0.29) is 17.3 Å². The van der Waals surface area contributed by atoms with Crippen molar-refractivity contribution >= 4 is 38.9 Å². The van der Waals surface area contributed by atoms with Crippen molar-refractivity contribution in [3.05, 3.63) is 38.4 Å². The van der Waals surface area contributed by atoms with Gasteiger partial charge in [0.05, 0.1) is 20.8 Å². The maximum atomic E-state index is 11.0. The second-order valence-corrected chi connectivity index (χ2v) is 6.31. The molecule has 0 bridgehead atoms. The van der Waals surface area contributed by atoms with Crippen molar-refractivity contribution in [2.24, 2.45) is 0 Å². The summed E-state index contributed by atoms with van der Waals surface area (Å²) in [6, 6.07) is 3.56. The van der Waals surface area contributed by atoms with Crippen LogP contribution in [0.5, 0.6) is 0 Å². The van der Waals surface area contributed by atoms with Crippen LogP contribution in [0.3, 0.4) is 0 Å². The Morgan fingerprint density at radius 1 is 1.29 bits per heavy atom. The van der Waals surface area contributed by atoms with E-state index in [1.165, 1.54) is 33.7 Å². The van der Waals surface area contributed by atoms with E-state index in [1.807, 2.05) is 0 Å². The predicted molar refractivity (Wildman–Crippen MR) is 81.4 cm³/mol. The maximum absolute atomic E-state index is 11.0. The highest BCUT2D eigenvalue weighted by atomic mass is 33.1. The lowest BCUT2D eigenvalue weighted by Crippen LogP contribution is -2.17. The third kappa shape index (κ3) is 5.60. The molecule has 0 fully saturated rings. The molecule has 0 unspecified atom stereocenters. The summed E-state index contributed by atoms with van der Waals surface area (Å²) in [5.41, 5.74) is -0.594. The Morgan fingerprint density at radius 2 is 2.00 bits per heavy atom. The number of nitro benzene ring substituents is 2. The van der Waals surface area contributed by atoms with Crippen LogP contribution in [0.1, 0.15) is 12.8 Å². The fourth-order valence-corrected chi connectivity index (χ4v) is 3.58. The number of carbonyl (C=O) groups excluding carboxylic acids is 1. The van der Waals surface area contributed by atoms with E-state index in [1.54, 1.807) is 7.05 Å². The maximum Gasteiger partial charge on any atom is 0.290 e. The summed E-state index contributed by atoms with van der Waals surface area (Å²) in [5.74, 6) is 0.591. The molecule has 0 atom stereocenters. The van der Waals surface area contributed by atoms with E-state index in [2.05, 4.69) is 5.32 Å². The molecule has 0 heterocycles. The summed E-state index contributed by atoms with van der Waals surface area (Å²) in [6.45, 7) is 0. The average Bonchev–Trinajstić information content (AvgIpc) is 2.46. The number of nitro groups is 2. The van der Waals surface area contributed by atoms with Crippen LogP contribution in [-0.4, -0.2) is 28.6 Å². The topological polar surface area (TPSA) is 115 Å². The number of hydrogen-bond donors (Lipinski definition) is 1. The second-order valence-electron chi connectivity index (χ2n) is 3.85. The van der Waals surface area contributed by atoms with E-state index in [0.717, 1.165) is 6.07 Å². The van der Waals surface area contributed by atoms with Crippen molar-refractivity contribution in [1.82, 2.24) is 5.32 Å². The first-order valence-corrected chi connectivity index (χ1v) is 8.20. The van der Waals surface area contributed by atoms with Gasteiger partial charge in [0.2, 0.25) is 5.91 Å². The number of nitrogens with one attached hydrogen (secondary N) is 1. The van der Waals surface area contributed by atoms with Crippen LogP contribution in [0, 0.1) is 20.2 Å². The summed E-state index contributed by atoms with van der Waals surface area (Å²) in [4.78, 5) is 31.6. The van der Waals surface area contributed by atoms with Gasteiger partial charge in [-0.15, -0.1) is 0 Å². The van der Waals surface area contributed by atoms with Crippen LogP contribution in [0.25, 0.3) is 0 Å². The molecule has 1 aromatic rings. The first-order chi connectivity index (χ1) is 9.95. The fraction of sp³-hybridized carbons (Fsp3) is 0.364. The minimum atomic E-state index is -0.669. The largest absolute Gasteiger partial charge is 0.359 e. The summed E-state index contributed by atoms with van der Waals surface area (Å²) >= 11 is 0. The van der Waals surface area contributed by atoms with Crippen molar-refractivity contribution in [3.8, 4) is 0 Å². The van der Waals surface area contributed by atoms with Gasteiger partial charge in [0.25, 0.3) is 11.4 Å². The van der Waals surface area contributed by atoms with Crippen LogP contribution in [0.2, 0.25) is 0 Å². The molecule has 1 amide bonds.